The van der Waals surface area contributed by atoms with Crippen molar-refractivity contribution in [2.75, 3.05) is 19.6 Å². The predicted molar refractivity (Wildman–Crippen MR) is 98.4 cm³/mol. The van der Waals surface area contributed by atoms with Crippen molar-refractivity contribution in [3.8, 4) is 0 Å². The van der Waals surface area contributed by atoms with Crippen LogP contribution in [0.25, 0.3) is 0 Å². The number of primary amides is 1. The Morgan fingerprint density at radius 3 is 2.88 bits per heavy atom. The molecule has 0 bridgehead atoms. The number of rotatable bonds is 7. The molecule has 8 heteroatoms. The monoisotopic (exact) mass is 379 g/mol. The van der Waals surface area contributed by atoms with E-state index >= 15 is 0 Å². The molecule has 0 radical (unpaired) electrons. The van der Waals surface area contributed by atoms with Crippen LogP contribution < -0.4 is 11.1 Å². The lowest BCUT2D eigenvalue weighted by Gasteiger charge is -2.30. The Morgan fingerprint density at radius 2 is 2.23 bits per heavy atom. The lowest BCUT2D eigenvalue weighted by Crippen LogP contribution is -2.41. The summed E-state index contributed by atoms with van der Waals surface area (Å²) in [6, 6.07) is 2.15. The molecule has 1 aromatic heterocycles. The summed E-state index contributed by atoms with van der Waals surface area (Å²) in [4.78, 5) is 38.8. The fourth-order valence-corrected chi connectivity index (χ4v) is 4.96. The van der Waals surface area contributed by atoms with Gasteiger partial charge in [0.05, 0.1) is 17.9 Å². The van der Waals surface area contributed by atoms with Gasteiger partial charge in [0, 0.05) is 35.3 Å². The molecule has 2 unspecified atom stereocenters. The van der Waals surface area contributed by atoms with E-state index in [0.29, 0.717) is 23.0 Å². The maximum Gasteiger partial charge on any atom is 0.304 e. The minimum absolute atomic E-state index is 0.0249. The van der Waals surface area contributed by atoms with E-state index in [-0.39, 0.29) is 12.3 Å². The number of nitrogens with one attached hydrogen (secondary N) is 1. The normalized spacial score (nSPS) is 21.3. The third kappa shape index (κ3) is 4.24. The van der Waals surface area contributed by atoms with E-state index in [0.717, 1.165) is 37.2 Å². The summed E-state index contributed by atoms with van der Waals surface area (Å²) < 4.78 is 0. The third-order valence-electron chi connectivity index (χ3n) is 5.18. The minimum atomic E-state index is -1.08. The number of carbonyl (C=O) groups is 3. The van der Waals surface area contributed by atoms with Crippen LogP contribution in [-0.4, -0.2) is 53.5 Å². The lowest BCUT2D eigenvalue weighted by atomic mass is 9.99. The van der Waals surface area contributed by atoms with Gasteiger partial charge in [-0.05, 0) is 31.9 Å². The smallest absolute Gasteiger partial charge is 0.304 e. The molecular weight excluding hydrogens is 354 g/mol. The number of hydrogen-bond donors (Lipinski definition) is 3. The summed E-state index contributed by atoms with van der Waals surface area (Å²) in [5.74, 6) is -2.65. The SMILES string of the molecule is NC(=O)C(CC(=O)O)c1cc2c(s1)CCN(CCC1CCCCN1)C2=O. The Morgan fingerprint density at radius 1 is 1.42 bits per heavy atom. The molecule has 7 nitrogen and oxygen atoms in total. The van der Waals surface area contributed by atoms with Crippen LogP contribution in [0.1, 0.15) is 58.1 Å². The van der Waals surface area contributed by atoms with Crippen molar-refractivity contribution in [2.45, 2.75) is 50.5 Å². The van der Waals surface area contributed by atoms with E-state index in [4.69, 9.17) is 10.8 Å². The average Bonchev–Trinajstić information content (AvgIpc) is 3.04. The first kappa shape index (κ1) is 18.8. The van der Waals surface area contributed by atoms with Crippen molar-refractivity contribution in [3.63, 3.8) is 0 Å². The summed E-state index contributed by atoms with van der Waals surface area (Å²) >= 11 is 1.34. The first-order chi connectivity index (χ1) is 12.5. The van der Waals surface area contributed by atoms with Gasteiger partial charge in [0.25, 0.3) is 5.91 Å². The Balaban J connectivity index is 1.68. The summed E-state index contributed by atoms with van der Waals surface area (Å²) in [5, 5.41) is 12.5. The van der Waals surface area contributed by atoms with Crippen LogP contribution in [0.5, 0.6) is 0 Å². The van der Waals surface area contributed by atoms with Gasteiger partial charge < -0.3 is 21.1 Å². The van der Waals surface area contributed by atoms with Crippen LogP contribution in [-0.2, 0) is 16.0 Å². The van der Waals surface area contributed by atoms with E-state index in [1.165, 1.54) is 24.2 Å². The van der Waals surface area contributed by atoms with Crippen molar-refractivity contribution in [3.05, 3.63) is 21.4 Å². The zero-order valence-corrected chi connectivity index (χ0v) is 15.5. The number of carboxylic acids is 1. The first-order valence-electron chi connectivity index (χ1n) is 9.12. The molecule has 0 aliphatic carbocycles. The maximum absolute atomic E-state index is 12.8. The fraction of sp³-hybridized carbons (Fsp3) is 0.611. The van der Waals surface area contributed by atoms with Crippen molar-refractivity contribution < 1.29 is 19.5 Å². The van der Waals surface area contributed by atoms with Gasteiger partial charge >= 0.3 is 5.97 Å². The molecule has 1 saturated heterocycles. The zero-order valence-electron chi connectivity index (χ0n) is 14.7. The molecule has 3 heterocycles. The van der Waals surface area contributed by atoms with Crippen molar-refractivity contribution in [1.29, 1.82) is 0 Å². The highest BCUT2D eigenvalue weighted by Crippen LogP contribution is 2.34. The van der Waals surface area contributed by atoms with E-state index in [2.05, 4.69) is 5.32 Å². The minimum Gasteiger partial charge on any atom is -0.481 e. The fourth-order valence-electron chi connectivity index (χ4n) is 3.71. The second kappa shape index (κ2) is 8.18. The Kier molecular flexibility index (Phi) is 5.93. The molecule has 2 aliphatic rings. The second-order valence-corrected chi connectivity index (χ2v) is 8.18. The molecule has 2 amide bonds. The number of hydrogen-bond acceptors (Lipinski definition) is 5. The molecule has 1 fully saturated rings. The molecule has 0 aromatic carbocycles. The number of nitrogens with two attached hydrogens (primary N) is 1. The highest BCUT2D eigenvalue weighted by atomic mass is 32.1. The molecule has 26 heavy (non-hydrogen) atoms. The molecule has 2 aliphatic heterocycles. The number of fused-ring (bicyclic) bond motifs is 1. The molecular formula is C18H25N3O4S. The number of piperidine rings is 1. The average molecular weight is 379 g/mol. The maximum atomic E-state index is 12.8. The Hall–Kier alpha value is -1.93. The Bertz CT molecular complexity index is 697. The van der Waals surface area contributed by atoms with Crippen molar-refractivity contribution in [2.24, 2.45) is 5.73 Å². The first-order valence-corrected chi connectivity index (χ1v) is 9.93. The van der Waals surface area contributed by atoms with E-state index in [1.807, 2.05) is 4.90 Å². The number of amides is 2. The highest BCUT2D eigenvalue weighted by molar-refractivity contribution is 7.12. The molecule has 3 rings (SSSR count). The van der Waals surface area contributed by atoms with Crippen LogP contribution in [0.3, 0.4) is 0 Å². The lowest BCUT2D eigenvalue weighted by molar-refractivity contribution is -0.139. The number of aliphatic carboxylic acids is 1. The standard InChI is InChI=1S/C18H25N3O4S/c19-17(24)12(10-16(22)23)15-9-13-14(26-15)5-8-21(18(13)25)7-4-11-3-1-2-6-20-11/h9,11-12,20H,1-8,10H2,(H2,19,24)(H,22,23). The van der Waals surface area contributed by atoms with Crippen LogP contribution in [0.15, 0.2) is 6.07 Å². The van der Waals surface area contributed by atoms with Gasteiger partial charge in [0.15, 0.2) is 0 Å². The van der Waals surface area contributed by atoms with E-state index < -0.39 is 17.8 Å². The van der Waals surface area contributed by atoms with Crippen LogP contribution in [0.2, 0.25) is 0 Å². The molecule has 0 spiro atoms. The quantitative estimate of drug-likeness (QED) is 0.661. The highest BCUT2D eigenvalue weighted by Gasteiger charge is 2.31. The summed E-state index contributed by atoms with van der Waals surface area (Å²) in [7, 11) is 0. The zero-order chi connectivity index (χ0) is 18.7. The number of carboxylic acid groups (broad SMARTS) is 1. The van der Waals surface area contributed by atoms with Gasteiger partial charge in [0.1, 0.15) is 0 Å². The predicted octanol–water partition coefficient (Wildman–Crippen LogP) is 1.32. The van der Waals surface area contributed by atoms with Gasteiger partial charge in [-0.2, -0.15) is 0 Å². The summed E-state index contributed by atoms with van der Waals surface area (Å²) in [5.41, 5.74) is 5.97. The van der Waals surface area contributed by atoms with Crippen LogP contribution in [0.4, 0.5) is 0 Å². The number of thiophene rings is 1. The number of carbonyl (C=O) groups excluding carboxylic acids is 2. The molecule has 2 atom stereocenters. The molecule has 0 saturated carbocycles. The summed E-state index contributed by atoms with van der Waals surface area (Å²) in [6.07, 6.45) is 4.95. The van der Waals surface area contributed by atoms with E-state index in [9.17, 15) is 14.4 Å². The topological polar surface area (TPSA) is 113 Å². The number of nitrogens with zero attached hydrogens (tertiary/aromatic N) is 1. The molecule has 4 N–H and O–H groups in total. The van der Waals surface area contributed by atoms with Crippen molar-refractivity contribution >= 4 is 29.1 Å². The Labute approximate surface area is 156 Å². The van der Waals surface area contributed by atoms with Crippen LogP contribution in [0, 0.1) is 0 Å². The molecule has 142 valence electrons. The van der Waals surface area contributed by atoms with Gasteiger partial charge in [-0.25, -0.2) is 0 Å². The second-order valence-electron chi connectivity index (χ2n) is 7.02. The van der Waals surface area contributed by atoms with Crippen LogP contribution >= 0.6 is 11.3 Å². The largest absolute Gasteiger partial charge is 0.481 e. The van der Waals surface area contributed by atoms with Gasteiger partial charge in [-0.3, -0.25) is 14.4 Å². The van der Waals surface area contributed by atoms with Gasteiger partial charge in [-0.1, -0.05) is 6.42 Å². The molecule has 1 aromatic rings. The van der Waals surface area contributed by atoms with Gasteiger partial charge in [0.2, 0.25) is 5.91 Å². The van der Waals surface area contributed by atoms with Gasteiger partial charge in [-0.15, -0.1) is 11.3 Å². The third-order valence-corrected chi connectivity index (χ3v) is 6.49. The van der Waals surface area contributed by atoms with Crippen molar-refractivity contribution in [1.82, 2.24) is 10.2 Å². The summed E-state index contributed by atoms with van der Waals surface area (Å²) in [6.45, 7) is 2.43. The van der Waals surface area contributed by atoms with E-state index in [1.54, 1.807) is 6.07 Å².